The molecule has 3 aromatic rings. The summed E-state index contributed by atoms with van der Waals surface area (Å²) >= 11 is 6.13. The van der Waals surface area contributed by atoms with Crippen molar-refractivity contribution in [2.75, 3.05) is 26.0 Å². The van der Waals surface area contributed by atoms with Gasteiger partial charge in [0.25, 0.3) is 0 Å². The molecule has 0 saturated heterocycles. The van der Waals surface area contributed by atoms with E-state index in [0.29, 0.717) is 22.0 Å². The number of aliphatic imine (C=N–C) groups is 1. The highest BCUT2D eigenvalue weighted by molar-refractivity contribution is 6.31. The number of nitrogens with one attached hydrogen (secondary N) is 1. The summed E-state index contributed by atoms with van der Waals surface area (Å²) in [5, 5.41) is 12.5. The number of halogens is 1. The Kier molecular flexibility index (Phi) is 7.10. The van der Waals surface area contributed by atoms with E-state index in [2.05, 4.69) is 22.3 Å². The van der Waals surface area contributed by atoms with Crippen LogP contribution in [0.3, 0.4) is 0 Å². The van der Waals surface area contributed by atoms with Crippen LogP contribution in [0.2, 0.25) is 5.02 Å². The number of benzene rings is 3. The van der Waals surface area contributed by atoms with E-state index in [1.165, 1.54) is 5.56 Å². The topological polar surface area (TPSA) is 82.0 Å². The standard InChI is InChI=1S/C27H26ClN3O3/c1-31(2)14-13-17-5-10-21(11-6-17)29-26(19-7-3-18(4-8-19)15-24(32)33)25-22-12-9-20(28)16-23(22)30-27(25)34/h3-12,16,25H,13-15H2,1-2H3,(H,30,34)(H,32,33). The number of carbonyl (C=O) groups is 2. The van der Waals surface area contributed by atoms with Gasteiger partial charge < -0.3 is 15.3 Å². The molecule has 0 aromatic heterocycles. The van der Waals surface area contributed by atoms with Gasteiger partial charge in [0.15, 0.2) is 0 Å². The third-order valence-electron chi connectivity index (χ3n) is 5.76. The number of hydrogen-bond donors (Lipinski definition) is 2. The van der Waals surface area contributed by atoms with E-state index in [4.69, 9.17) is 21.7 Å². The maximum absolute atomic E-state index is 13.0. The monoisotopic (exact) mass is 475 g/mol. The third kappa shape index (κ3) is 5.53. The van der Waals surface area contributed by atoms with E-state index in [1.807, 2.05) is 44.4 Å². The molecule has 7 heteroatoms. The lowest BCUT2D eigenvalue weighted by atomic mass is 9.90. The second-order valence-electron chi connectivity index (χ2n) is 8.64. The van der Waals surface area contributed by atoms with Gasteiger partial charge >= 0.3 is 5.97 Å². The van der Waals surface area contributed by atoms with Crippen LogP contribution in [0.4, 0.5) is 11.4 Å². The lowest BCUT2D eigenvalue weighted by Crippen LogP contribution is -2.22. The van der Waals surface area contributed by atoms with Crippen LogP contribution in [0.15, 0.2) is 71.7 Å². The van der Waals surface area contributed by atoms with E-state index in [1.54, 1.807) is 24.3 Å². The van der Waals surface area contributed by atoms with Gasteiger partial charge in [0.1, 0.15) is 5.92 Å². The fourth-order valence-electron chi connectivity index (χ4n) is 4.00. The number of rotatable bonds is 8. The van der Waals surface area contributed by atoms with Crippen LogP contribution in [0.5, 0.6) is 0 Å². The highest BCUT2D eigenvalue weighted by Gasteiger charge is 2.35. The zero-order valence-electron chi connectivity index (χ0n) is 19.1. The Morgan fingerprint density at radius 2 is 1.71 bits per heavy atom. The third-order valence-corrected chi connectivity index (χ3v) is 5.99. The lowest BCUT2D eigenvalue weighted by molar-refractivity contribution is -0.136. The molecule has 0 saturated carbocycles. The first-order valence-electron chi connectivity index (χ1n) is 11.0. The smallest absolute Gasteiger partial charge is 0.307 e. The minimum Gasteiger partial charge on any atom is -0.481 e. The molecule has 1 atom stereocenters. The van der Waals surface area contributed by atoms with Crippen molar-refractivity contribution in [1.29, 1.82) is 0 Å². The number of carboxylic acid groups (broad SMARTS) is 1. The van der Waals surface area contributed by atoms with Crippen molar-refractivity contribution in [2.24, 2.45) is 4.99 Å². The van der Waals surface area contributed by atoms with Crippen LogP contribution in [0.25, 0.3) is 0 Å². The Hall–Kier alpha value is -3.48. The second-order valence-corrected chi connectivity index (χ2v) is 9.07. The molecule has 0 aliphatic carbocycles. The van der Waals surface area contributed by atoms with Gasteiger partial charge in [-0.15, -0.1) is 0 Å². The summed E-state index contributed by atoms with van der Waals surface area (Å²) < 4.78 is 0. The molecule has 0 spiro atoms. The summed E-state index contributed by atoms with van der Waals surface area (Å²) in [5.41, 5.74) is 5.49. The Morgan fingerprint density at radius 1 is 1.03 bits per heavy atom. The largest absolute Gasteiger partial charge is 0.481 e. The van der Waals surface area contributed by atoms with E-state index < -0.39 is 11.9 Å². The zero-order chi connectivity index (χ0) is 24.2. The maximum atomic E-state index is 13.0. The second kappa shape index (κ2) is 10.2. The number of carboxylic acids is 1. The lowest BCUT2D eigenvalue weighted by Gasteiger charge is -2.15. The molecule has 6 nitrogen and oxygen atoms in total. The fourth-order valence-corrected chi connectivity index (χ4v) is 4.17. The number of amides is 1. The molecular weight excluding hydrogens is 450 g/mol. The van der Waals surface area contributed by atoms with Crippen LogP contribution in [-0.4, -0.2) is 48.2 Å². The average molecular weight is 476 g/mol. The van der Waals surface area contributed by atoms with Crippen molar-refractivity contribution in [1.82, 2.24) is 4.90 Å². The average Bonchev–Trinajstić information content (AvgIpc) is 3.11. The van der Waals surface area contributed by atoms with Gasteiger partial charge in [-0.2, -0.15) is 0 Å². The van der Waals surface area contributed by atoms with Crippen LogP contribution < -0.4 is 5.32 Å². The summed E-state index contributed by atoms with van der Waals surface area (Å²) in [6, 6.07) is 20.5. The number of likely N-dealkylation sites (N-methyl/N-ethyl adjacent to an activating group) is 1. The molecule has 3 aromatic carbocycles. The summed E-state index contributed by atoms with van der Waals surface area (Å²) in [7, 11) is 4.09. The maximum Gasteiger partial charge on any atom is 0.307 e. The van der Waals surface area contributed by atoms with E-state index in [9.17, 15) is 9.59 Å². The first kappa shape index (κ1) is 23.7. The molecule has 2 N–H and O–H groups in total. The number of fused-ring (bicyclic) bond motifs is 1. The molecule has 0 fully saturated rings. The summed E-state index contributed by atoms with van der Waals surface area (Å²) in [6.45, 7) is 0.956. The van der Waals surface area contributed by atoms with E-state index >= 15 is 0 Å². The van der Waals surface area contributed by atoms with Crippen LogP contribution in [-0.2, 0) is 22.4 Å². The summed E-state index contributed by atoms with van der Waals surface area (Å²) in [5.74, 6) is -1.67. The molecule has 1 aliphatic rings. The molecule has 0 radical (unpaired) electrons. The molecule has 1 unspecified atom stereocenters. The van der Waals surface area contributed by atoms with Crippen molar-refractivity contribution in [3.05, 3.63) is 94.0 Å². The van der Waals surface area contributed by atoms with Gasteiger partial charge in [-0.05, 0) is 67.0 Å². The first-order chi connectivity index (χ1) is 16.3. The van der Waals surface area contributed by atoms with Crippen molar-refractivity contribution in [3.8, 4) is 0 Å². The number of anilines is 1. The van der Waals surface area contributed by atoms with Gasteiger partial charge in [0.2, 0.25) is 5.91 Å². The molecule has 4 rings (SSSR count). The molecule has 1 aliphatic heterocycles. The van der Waals surface area contributed by atoms with Crippen molar-refractivity contribution >= 4 is 40.6 Å². The molecule has 0 bridgehead atoms. The highest BCUT2D eigenvalue weighted by Crippen LogP contribution is 2.37. The van der Waals surface area contributed by atoms with E-state index in [-0.39, 0.29) is 12.3 Å². The number of carbonyl (C=O) groups excluding carboxylic acids is 1. The van der Waals surface area contributed by atoms with Crippen LogP contribution in [0, 0.1) is 0 Å². The van der Waals surface area contributed by atoms with Gasteiger partial charge in [0.05, 0.1) is 17.8 Å². The normalized spacial score (nSPS) is 15.4. The number of nitrogens with zero attached hydrogens (tertiary/aromatic N) is 2. The highest BCUT2D eigenvalue weighted by atomic mass is 35.5. The minimum atomic E-state index is -0.892. The molecule has 1 amide bonds. The van der Waals surface area contributed by atoms with Gasteiger partial charge in [-0.3, -0.25) is 14.6 Å². The molecule has 34 heavy (non-hydrogen) atoms. The Balaban J connectivity index is 1.73. The SMILES string of the molecule is CN(C)CCc1ccc(N=C(c2ccc(CC(=O)O)cc2)C2C(=O)Nc3cc(Cl)ccc32)cc1. The molecular formula is C27H26ClN3O3. The summed E-state index contributed by atoms with van der Waals surface area (Å²) in [6.07, 6.45) is 0.875. The van der Waals surface area contributed by atoms with E-state index in [0.717, 1.165) is 29.8 Å². The van der Waals surface area contributed by atoms with Crippen molar-refractivity contribution in [3.63, 3.8) is 0 Å². The molecule has 1 heterocycles. The zero-order valence-corrected chi connectivity index (χ0v) is 19.8. The quantitative estimate of drug-likeness (QED) is 0.453. The predicted molar refractivity (Wildman–Crippen MR) is 136 cm³/mol. The number of hydrogen-bond acceptors (Lipinski definition) is 4. The van der Waals surface area contributed by atoms with Gasteiger partial charge in [-0.1, -0.05) is 54.1 Å². The Morgan fingerprint density at radius 3 is 2.35 bits per heavy atom. The predicted octanol–water partition coefficient (Wildman–Crippen LogP) is 4.93. The minimum absolute atomic E-state index is 0.0631. The van der Waals surface area contributed by atoms with Crippen molar-refractivity contribution < 1.29 is 14.7 Å². The Bertz CT molecular complexity index is 1230. The first-order valence-corrected chi connectivity index (χ1v) is 11.4. The van der Waals surface area contributed by atoms with Gasteiger partial charge in [-0.25, -0.2) is 0 Å². The van der Waals surface area contributed by atoms with Gasteiger partial charge in [0, 0.05) is 17.3 Å². The van der Waals surface area contributed by atoms with Crippen LogP contribution in [0.1, 0.15) is 28.2 Å². The molecule has 174 valence electrons. The van der Waals surface area contributed by atoms with Crippen molar-refractivity contribution in [2.45, 2.75) is 18.8 Å². The summed E-state index contributed by atoms with van der Waals surface area (Å²) in [4.78, 5) is 31.2. The Labute approximate surface area is 203 Å². The van der Waals surface area contributed by atoms with Crippen LogP contribution >= 0.6 is 11.6 Å². The fraction of sp³-hybridized carbons (Fsp3) is 0.222. The number of aliphatic carboxylic acids is 1.